The number of hydrogen-bond donors (Lipinski definition) is 1. The second kappa shape index (κ2) is 4.27. The minimum absolute atomic E-state index is 0.778. The molecular weight excluding hydrogens is 146 g/mol. The van der Waals surface area contributed by atoms with Crippen molar-refractivity contribution in [3.8, 4) is 0 Å². The lowest BCUT2D eigenvalue weighted by molar-refractivity contribution is 0.106. The molecule has 1 rings (SSSR count). The van der Waals surface area contributed by atoms with Crippen molar-refractivity contribution in [3.05, 3.63) is 0 Å². The van der Waals surface area contributed by atoms with Gasteiger partial charge in [0.2, 0.25) is 0 Å². The van der Waals surface area contributed by atoms with Crippen LogP contribution in [-0.4, -0.2) is 13.1 Å². The van der Waals surface area contributed by atoms with E-state index in [2.05, 4.69) is 33.1 Å². The van der Waals surface area contributed by atoms with Crippen LogP contribution >= 0.6 is 0 Å². The molecule has 1 nitrogen and oxygen atoms in total. The molecule has 72 valence electrons. The molecule has 0 aromatic heterocycles. The first-order valence-corrected chi connectivity index (χ1v) is 5.36. The zero-order chi connectivity index (χ0) is 9.14. The van der Waals surface area contributed by atoms with Gasteiger partial charge >= 0.3 is 0 Å². The highest BCUT2D eigenvalue weighted by Gasteiger charge is 2.34. The Morgan fingerprint density at radius 2 is 1.83 bits per heavy atom. The third kappa shape index (κ3) is 2.01. The Morgan fingerprint density at radius 3 is 2.17 bits per heavy atom. The Kier molecular flexibility index (Phi) is 3.57. The van der Waals surface area contributed by atoms with Crippen molar-refractivity contribution in [2.24, 2.45) is 17.8 Å². The predicted octanol–water partition coefficient (Wildman–Crippen LogP) is 2.67. The van der Waals surface area contributed by atoms with Gasteiger partial charge in [0, 0.05) is 6.04 Å². The zero-order valence-corrected chi connectivity index (χ0v) is 8.93. The lowest BCUT2D eigenvalue weighted by Crippen LogP contribution is -2.42. The van der Waals surface area contributed by atoms with Gasteiger partial charge in [-0.15, -0.1) is 0 Å². The van der Waals surface area contributed by atoms with Crippen molar-refractivity contribution in [2.75, 3.05) is 7.05 Å². The maximum Gasteiger partial charge on any atom is 0.00899 e. The van der Waals surface area contributed by atoms with E-state index in [9.17, 15) is 0 Å². The second-order valence-corrected chi connectivity index (χ2v) is 4.54. The third-order valence-electron chi connectivity index (χ3n) is 3.53. The molecule has 1 N–H and O–H groups in total. The highest BCUT2D eigenvalue weighted by Crippen LogP contribution is 2.41. The molecule has 0 heterocycles. The van der Waals surface area contributed by atoms with E-state index in [-0.39, 0.29) is 0 Å². The van der Waals surface area contributed by atoms with E-state index in [4.69, 9.17) is 0 Å². The van der Waals surface area contributed by atoms with Gasteiger partial charge in [0.25, 0.3) is 0 Å². The van der Waals surface area contributed by atoms with Gasteiger partial charge < -0.3 is 5.32 Å². The average molecular weight is 169 g/mol. The van der Waals surface area contributed by atoms with Crippen LogP contribution in [0.1, 0.15) is 40.0 Å². The molecule has 0 saturated heterocycles. The van der Waals surface area contributed by atoms with Gasteiger partial charge in [-0.05, 0) is 44.1 Å². The monoisotopic (exact) mass is 169 g/mol. The van der Waals surface area contributed by atoms with E-state index in [0.717, 1.165) is 23.8 Å². The molecule has 0 aromatic carbocycles. The summed E-state index contributed by atoms with van der Waals surface area (Å²) in [5, 5.41) is 3.41. The average Bonchev–Trinajstić information content (AvgIpc) is 1.94. The molecule has 1 fully saturated rings. The lowest BCUT2D eigenvalue weighted by Gasteiger charge is -2.42. The summed E-state index contributed by atoms with van der Waals surface area (Å²) in [6, 6.07) is 0.778. The maximum absolute atomic E-state index is 3.41. The Labute approximate surface area is 76.9 Å². The van der Waals surface area contributed by atoms with E-state index < -0.39 is 0 Å². The fourth-order valence-corrected chi connectivity index (χ4v) is 2.35. The van der Waals surface area contributed by atoms with E-state index in [1.54, 1.807) is 0 Å². The van der Waals surface area contributed by atoms with Crippen molar-refractivity contribution in [2.45, 2.75) is 46.1 Å². The Morgan fingerprint density at radius 1 is 1.25 bits per heavy atom. The van der Waals surface area contributed by atoms with E-state index in [1.165, 1.54) is 19.3 Å². The first-order chi connectivity index (χ1) is 5.69. The van der Waals surface area contributed by atoms with E-state index in [0.29, 0.717) is 0 Å². The van der Waals surface area contributed by atoms with Crippen molar-refractivity contribution < 1.29 is 0 Å². The molecule has 1 unspecified atom stereocenters. The lowest BCUT2D eigenvalue weighted by atomic mass is 9.66. The highest BCUT2D eigenvalue weighted by molar-refractivity contribution is 4.88. The summed E-state index contributed by atoms with van der Waals surface area (Å²) in [4.78, 5) is 0. The third-order valence-corrected chi connectivity index (χ3v) is 3.53. The van der Waals surface area contributed by atoms with Crippen LogP contribution in [-0.2, 0) is 0 Å². The molecule has 1 heteroatoms. The van der Waals surface area contributed by atoms with Gasteiger partial charge in [0.15, 0.2) is 0 Å². The second-order valence-electron chi connectivity index (χ2n) is 4.54. The van der Waals surface area contributed by atoms with Gasteiger partial charge in [-0.1, -0.05) is 20.8 Å². The SMILES string of the molecule is CCC(NC)C1CC(C(C)C)C1. The molecule has 0 aromatic rings. The summed E-state index contributed by atoms with van der Waals surface area (Å²) < 4.78 is 0. The van der Waals surface area contributed by atoms with Crippen molar-refractivity contribution in [1.29, 1.82) is 0 Å². The van der Waals surface area contributed by atoms with E-state index in [1.807, 2.05) is 0 Å². The van der Waals surface area contributed by atoms with E-state index >= 15 is 0 Å². The number of rotatable bonds is 4. The summed E-state index contributed by atoms with van der Waals surface area (Å²) in [6.07, 6.45) is 4.19. The summed E-state index contributed by atoms with van der Waals surface area (Å²) in [6.45, 7) is 6.98. The first-order valence-electron chi connectivity index (χ1n) is 5.36. The van der Waals surface area contributed by atoms with Crippen molar-refractivity contribution in [1.82, 2.24) is 5.32 Å². The normalized spacial score (nSPS) is 31.8. The highest BCUT2D eigenvalue weighted by atomic mass is 14.9. The quantitative estimate of drug-likeness (QED) is 0.682. The fraction of sp³-hybridized carbons (Fsp3) is 1.00. The minimum atomic E-state index is 0.778. The van der Waals surface area contributed by atoms with Crippen LogP contribution in [0.4, 0.5) is 0 Å². The topological polar surface area (TPSA) is 12.0 Å². The molecule has 1 atom stereocenters. The largest absolute Gasteiger partial charge is 0.317 e. The van der Waals surface area contributed by atoms with Crippen LogP contribution in [0.3, 0.4) is 0 Å². The molecule has 1 saturated carbocycles. The fourth-order valence-electron chi connectivity index (χ4n) is 2.35. The van der Waals surface area contributed by atoms with Crippen LogP contribution in [0.25, 0.3) is 0 Å². The summed E-state index contributed by atoms with van der Waals surface area (Å²) in [7, 11) is 2.09. The standard InChI is InChI=1S/C11H23N/c1-5-11(12-4)10-6-9(7-10)8(2)3/h8-12H,5-7H2,1-4H3. The summed E-state index contributed by atoms with van der Waals surface area (Å²) in [5.74, 6) is 2.88. The Balaban J connectivity index is 2.23. The summed E-state index contributed by atoms with van der Waals surface area (Å²) in [5.41, 5.74) is 0. The van der Waals surface area contributed by atoms with Crippen molar-refractivity contribution in [3.63, 3.8) is 0 Å². The van der Waals surface area contributed by atoms with Crippen LogP contribution in [0.15, 0.2) is 0 Å². The molecule has 12 heavy (non-hydrogen) atoms. The number of hydrogen-bond acceptors (Lipinski definition) is 1. The molecule has 0 amide bonds. The van der Waals surface area contributed by atoms with Gasteiger partial charge in [0.1, 0.15) is 0 Å². The van der Waals surface area contributed by atoms with Gasteiger partial charge in [-0.3, -0.25) is 0 Å². The Hall–Kier alpha value is -0.0400. The molecule has 1 aliphatic rings. The molecule has 0 radical (unpaired) electrons. The predicted molar refractivity (Wildman–Crippen MR) is 54.2 cm³/mol. The summed E-state index contributed by atoms with van der Waals surface area (Å²) >= 11 is 0. The first kappa shape index (κ1) is 10.0. The van der Waals surface area contributed by atoms with Crippen LogP contribution in [0, 0.1) is 17.8 Å². The zero-order valence-electron chi connectivity index (χ0n) is 8.93. The van der Waals surface area contributed by atoms with Gasteiger partial charge in [-0.2, -0.15) is 0 Å². The van der Waals surface area contributed by atoms with Gasteiger partial charge in [-0.25, -0.2) is 0 Å². The Bertz CT molecular complexity index is 121. The van der Waals surface area contributed by atoms with Gasteiger partial charge in [0.05, 0.1) is 0 Å². The number of nitrogens with one attached hydrogen (secondary N) is 1. The van der Waals surface area contributed by atoms with Crippen LogP contribution < -0.4 is 5.32 Å². The molecule has 1 aliphatic carbocycles. The molecule has 0 bridgehead atoms. The molecule has 0 aliphatic heterocycles. The molecule has 0 spiro atoms. The van der Waals surface area contributed by atoms with Crippen molar-refractivity contribution >= 4 is 0 Å². The minimum Gasteiger partial charge on any atom is -0.317 e. The molecular formula is C11H23N. The van der Waals surface area contributed by atoms with Crippen LogP contribution in [0.5, 0.6) is 0 Å². The maximum atomic E-state index is 3.41. The van der Waals surface area contributed by atoms with Crippen LogP contribution in [0.2, 0.25) is 0 Å². The smallest absolute Gasteiger partial charge is 0.00899 e.